The van der Waals surface area contributed by atoms with Crippen molar-refractivity contribution in [3.05, 3.63) is 24.3 Å². The van der Waals surface area contributed by atoms with Crippen LogP contribution in [-0.4, -0.2) is 39.7 Å². The van der Waals surface area contributed by atoms with Crippen LogP contribution in [0.3, 0.4) is 0 Å². The summed E-state index contributed by atoms with van der Waals surface area (Å²) in [6.45, 7) is 10.1. The Kier molecular flexibility index (Phi) is 5.34. The molecule has 0 radical (unpaired) electrons. The number of carbonyl (C=O) groups is 2. The van der Waals surface area contributed by atoms with E-state index in [-0.39, 0.29) is 29.4 Å². The van der Waals surface area contributed by atoms with Gasteiger partial charge in [0.05, 0.1) is 17.6 Å². The van der Waals surface area contributed by atoms with Crippen LogP contribution in [0.15, 0.2) is 24.3 Å². The molecule has 2 N–H and O–H groups in total. The third kappa shape index (κ3) is 3.45. The molecule has 6 nitrogen and oxygen atoms in total. The average molecular weight is 389 g/mol. The van der Waals surface area contributed by atoms with E-state index in [2.05, 4.69) is 26.1 Å². The molecule has 1 aromatic rings. The number of benzene rings is 1. The average Bonchev–Trinajstić information content (AvgIpc) is 2.87. The molecule has 3 atom stereocenters. The third-order valence-electron chi connectivity index (χ3n) is 6.33. The highest BCUT2D eigenvalue weighted by molar-refractivity contribution is 5.94. The van der Waals surface area contributed by atoms with E-state index in [0.717, 1.165) is 25.0 Å². The SMILES string of the molecule is CC(C)Oc1ccc(NC(=O)[C@@H]2CC[C@@H]3CC[C@@]2(C(C)(C)C)N3C(=O)O)cc1. The Morgan fingerprint density at radius 2 is 1.82 bits per heavy atom. The van der Waals surface area contributed by atoms with Gasteiger partial charge in [-0.3, -0.25) is 9.69 Å². The Labute approximate surface area is 167 Å². The Bertz CT molecular complexity index is 738. The zero-order valence-electron chi connectivity index (χ0n) is 17.5. The van der Waals surface area contributed by atoms with Crippen molar-refractivity contribution in [2.45, 2.75) is 78.0 Å². The normalized spacial score (nSPS) is 27.0. The number of fused-ring (bicyclic) bond motifs is 2. The first-order valence-corrected chi connectivity index (χ1v) is 10.2. The Morgan fingerprint density at radius 3 is 2.36 bits per heavy atom. The Hall–Kier alpha value is -2.24. The van der Waals surface area contributed by atoms with Crippen molar-refractivity contribution in [2.75, 3.05) is 5.32 Å². The van der Waals surface area contributed by atoms with Crippen LogP contribution in [0.2, 0.25) is 0 Å². The van der Waals surface area contributed by atoms with Gasteiger partial charge in [-0.05, 0) is 69.2 Å². The number of nitrogens with zero attached hydrogens (tertiary/aromatic N) is 1. The van der Waals surface area contributed by atoms with Crippen molar-refractivity contribution in [3.8, 4) is 5.75 Å². The fourth-order valence-electron chi connectivity index (χ4n) is 5.23. The molecule has 2 heterocycles. The molecule has 6 heteroatoms. The van der Waals surface area contributed by atoms with E-state index >= 15 is 0 Å². The maximum Gasteiger partial charge on any atom is 0.408 e. The molecule has 3 rings (SSSR count). The minimum Gasteiger partial charge on any atom is -0.491 e. The molecule has 2 fully saturated rings. The van der Waals surface area contributed by atoms with E-state index in [1.807, 2.05) is 38.1 Å². The molecule has 0 spiro atoms. The second-order valence-corrected chi connectivity index (χ2v) is 9.33. The summed E-state index contributed by atoms with van der Waals surface area (Å²) in [5.41, 5.74) is -0.309. The Morgan fingerprint density at radius 1 is 1.18 bits per heavy atom. The zero-order chi connectivity index (χ0) is 20.7. The van der Waals surface area contributed by atoms with Crippen molar-refractivity contribution in [1.82, 2.24) is 4.90 Å². The van der Waals surface area contributed by atoms with Gasteiger partial charge in [0.1, 0.15) is 5.75 Å². The number of carboxylic acid groups (broad SMARTS) is 1. The van der Waals surface area contributed by atoms with E-state index < -0.39 is 11.6 Å². The van der Waals surface area contributed by atoms with Crippen LogP contribution in [0.5, 0.6) is 5.75 Å². The molecule has 0 aliphatic carbocycles. The maximum atomic E-state index is 13.3. The summed E-state index contributed by atoms with van der Waals surface area (Å²) in [5.74, 6) is 0.292. The molecule has 2 amide bonds. The summed E-state index contributed by atoms with van der Waals surface area (Å²) in [6, 6.07) is 7.35. The third-order valence-corrected chi connectivity index (χ3v) is 6.33. The number of ether oxygens (including phenoxy) is 1. The topological polar surface area (TPSA) is 78.9 Å². The summed E-state index contributed by atoms with van der Waals surface area (Å²) in [6.07, 6.45) is 2.19. The van der Waals surface area contributed by atoms with Crippen molar-refractivity contribution < 1.29 is 19.4 Å². The van der Waals surface area contributed by atoms with E-state index in [9.17, 15) is 14.7 Å². The van der Waals surface area contributed by atoms with Crippen LogP contribution >= 0.6 is 0 Å². The van der Waals surface area contributed by atoms with Gasteiger partial charge in [0.2, 0.25) is 5.91 Å². The fourth-order valence-corrected chi connectivity index (χ4v) is 5.23. The summed E-state index contributed by atoms with van der Waals surface area (Å²) in [7, 11) is 0. The number of nitrogens with one attached hydrogen (secondary N) is 1. The number of hydrogen-bond acceptors (Lipinski definition) is 3. The van der Waals surface area contributed by atoms with Crippen LogP contribution in [0.25, 0.3) is 0 Å². The molecule has 2 aliphatic heterocycles. The van der Waals surface area contributed by atoms with Crippen LogP contribution in [-0.2, 0) is 4.79 Å². The largest absolute Gasteiger partial charge is 0.491 e. The number of piperidine rings is 1. The van der Waals surface area contributed by atoms with Gasteiger partial charge in [-0.1, -0.05) is 20.8 Å². The van der Waals surface area contributed by atoms with Gasteiger partial charge in [-0.2, -0.15) is 0 Å². The fraction of sp³-hybridized carbons (Fsp3) is 0.636. The molecule has 2 bridgehead atoms. The minimum absolute atomic E-state index is 0.0215. The molecule has 1 aromatic carbocycles. The predicted molar refractivity (Wildman–Crippen MR) is 109 cm³/mol. The number of carbonyl (C=O) groups excluding carboxylic acids is 1. The van der Waals surface area contributed by atoms with Gasteiger partial charge in [-0.25, -0.2) is 4.79 Å². The number of anilines is 1. The Balaban J connectivity index is 1.84. The number of amides is 2. The zero-order valence-corrected chi connectivity index (χ0v) is 17.5. The van der Waals surface area contributed by atoms with Gasteiger partial charge < -0.3 is 15.2 Å². The lowest BCUT2D eigenvalue weighted by Gasteiger charge is -2.55. The minimum atomic E-state index is -0.912. The molecule has 154 valence electrons. The number of rotatable bonds is 4. The smallest absolute Gasteiger partial charge is 0.408 e. The van der Waals surface area contributed by atoms with Crippen LogP contribution in [0.1, 0.15) is 60.3 Å². The summed E-state index contributed by atoms with van der Waals surface area (Å²) in [5, 5.41) is 12.9. The molecule has 28 heavy (non-hydrogen) atoms. The second-order valence-electron chi connectivity index (χ2n) is 9.33. The van der Waals surface area contributed by atoms with Crippen LogP contribution < -0.4 is 10.1 Å². The van der Waals surface area contributed by atoms with Gasteiger partial charge >= 0.3 is 6.09 Å². The maximum absolute atomic E-state index is 13.3. The first kappa shape index (κ1) is 20.5. The molecular formula is C22H32N2O4. The lowest BCUT2D eigenvalue weighted by Crippen LogP contribution is -2.66. The van der Waals surface area contributed by atoms with Crippen LogP contribution in [0.4, 0.5) is 10.5 Å². The summed E-state index contributed by atoms with van der Waals surface area (Å²) >= 11 is 0. The van der Waals surface area contributed by atoms with Gasteiger partial charge in [0, 0.05) is 11.7 Å². The standard InChI is InChI=1S/C22H32N2O4/c1-14(2)28-17-9-6-15(7-10-17)23-19(25)18-11-8-16-12-13-22(18,21(3,4)5)24(16)20(26)27/h6-7,9-10,14,16,18H,8,11-13H2,1-5H3,(H,23,25)(H,26,27)/t16-,18+,22-/m1/s1. The first-order chi connectivity index (χ1) is 13.1. The first-order valence-electron chi connectivity index (χ1n) is 10.2. The summed E-state index contributed by atoms with van der Waals surface area (Å²) in [4.78, 5) is 27.0. The van der Waals surface area contributed by atoms with E-state index in [0.29, 0.717) is 12.1 Å². The summed E-state index contributed by atoms with van der Waals surface area (Å²) < 4.78 is 5.65. The molecule has 2 saturated heterocycles. The highest BCUT2D eigenvalue weighted by Crippen LogP contribution is 2.56. The lowest BCUT2D eigenvalue weighted by atomic mass is 9.62. The van der Waals surface area contributed by atoms with Gasteiger partial charge in [0.15, 0.2) is 0 Å². The van der Waals surface area contributed by atoms with Gasteiger partial charge in [-0.15, -0.1) is 0 Å². The van der Waals surface area contributed by atoms with Gasteiger partial charge in [0.25, 0.3) is 0 Å². The monoisotopic (exact) mass is 388 g/mol. The highest BCUT2D eigenvalue weighted by atomic mass is 16.5. The second kappa shape index (κ2) is 7.30. The molecule has 0 aromatic heterocycles. The molecule has 0 saturated carbocycles. The quantitative estimate of drug-likeness (QED) is 0.780. The molecule has 2 aliphatic rings. The van der Waals surface area contributed by atoms with Crippen LogP contribution in [0, 0.1) is 11.3 Å². The van der Waals surface area contributed by atoms with E-state index in [1.165, 1.54) is 0 Å². The van der Waals surface area contributed by atoms with Crippen molar-refractivity contribution >= 4 is 17.7 Å². The number of hydrogen-bond donors (Lipinski definition) is 2. The lowest BCUT2D eigenvalue weighted by molar-refractivity contribution is -0.132. The molecule has 0 unspecified atom stereocenters. The molecular weight excluding hydrogens is 356 g/mol. The van der Waals surface area contributed by atoms with E-state index in [4.69, 9.17) is 4.74 Å². The van der Waals surface area contributed by atoms with Crippen molar-refractivity contribution in [1.29, 1.82) is 0 Å². The van der Waals surface area contributed by atoms with Crippen molar-refractivity contribution in [3.63, 3.8) is 0 Å². The van der Waals surface area contributed by atoms with E-state index in [1.54, 1.807) is 4.90 Å². The van der Waals surface area contributed by atoms with Crippen molar-refractivity contribution in [2.24, 2.45) is 11.3 Å². The highest BCUT2D eigenvalue weighted by Gasteiger charge is 2.63. The predicted octanol–water partition coefficient (Wildman–Crippen LogP) is 4.75.